The van der Waals surface area contributed by atoms with E-state index < -0.39 is 0 Å². The van der Waals surface area contributed by atoms with Gasteiger partial charge in [0.05, 0.1) is 10.7 Å². The third kappa shape index (κ3) is 2.33. The van der Waals surface area contributed by atoms with Gasteiger partial charge < -0.3 is 9.84 Å². The molecule has 3 rings (SSSR count). The monoisotopic (exact) mass is 296 g/mol. The van der Waals surface area contributed by atoms with E-state index in [2.05, 4.69) is 10.5 Å². The highest BCUT2D eigenvalue weighted by molar-refractivity contribution is 6.35. The van der Waals surface area contributed by atoms with Crippen LogP contribution in [0.15, 0.2) is 22.7 Å². The second-order valence-electron chi connectivity index (χ2n) is 4.36. The van der Waals surface area contributed by atoms with Gasteiger partial charge in [-0.15, -0.1) is 0 Å². The molecule has 0 bridgehead atoms. The van der Waals surface area contributed by atoms with Crippen LogP contribution in [-0.2, 0) is 12.8 Å². The highest BCUT2D eigenvalue weighted by Crippen LogP contribution is 2.28. The molecule has 1 amide bonds. The summed E-state index contributed by atoms with van der Waals surface area (Å²) >= 11 is 11.9. The number of nitrogens with zero attached hydrogens (tertiary/aromatic N) is 1. The van der Waals surface area contributed by atoms with Crippen molar-refractivity contribution in [3.05, 3.63) is 45.3 Å². The van der Waals surface area contributed by atoms with Gasteiger partial charge in [0.1, 0.15) is 5.76 Å². The maximum atomic E-state index is 12.2. The van der Waals surface area contributed by atoms with Gasteiger partial charge >= 0.3 is 0 Å². The molecule has 4 nitrogen and oxygen atoms in total. The van der Waals surface area contributed by atoms with Crippen molar-refractivity contribution < 1.29 is 9.32 Å². The molecule has 0 fully saturated rings. The number of benzene rings is 1. The van der Waals surface area contributed by atoms with Gasteiger partial charge in [-0.3, -0.25) is 4.79 Å². The number of aryl methyl sites for hydroxylation is 1. The largest absolute Gasteiger partial charge is 0.360 e. The van der Waals surface area contributed by atoms with Crippen LogP contribution in [-0.4, -0.2) is 11.1 Å². The van der Waals surface area contributed by atoms with Crippen LogP contribution in [0.5, 0.6) is 0 Å². The van der Waals surface area contributed by atoms with Gasteiger partial charge in [0.2, 0.25) is 0 Å². The Bertz CT molecular complexity index is 652. The molecule has 0 spiro atoms. The lowest BCUT2D eigenvalue weighted by atomic mass is 10.2. The second kappa shape index (κ2) is 4.87. The van der Waals surface area contributed by atoms with Crippen molar-refractivity contribution in [2.45, 2.75) is 19.3 Å². The van der Waals surface area contributed by atoms with Crippen LogP contribution in [0.2, 0.25) is 10.0 Å². The summed E-state index contributed by atoms with van der Waals surface area (Å²) in [5.74, 6) is 0.485. The number of anilines is 1. The van der Waals surface area contributed by atoms with Crippen LogP contribution < -0.4 is 5.32 Å². The van der Waals surface area contributed by atoms with Gasteiger partial charge in [-0.05, 0) is 31.0 Å². The van der Waals surface area contributed by atoms with Gasteiger partial charge in [-0.2, -0.15) is 0 Å². The Kier molecular flexibility index (Phi) is 3.21. The number of carbonyl (C=O) groups excluding carboxylic acids is 1. The van der Waals surface area contributed by atoms with Crippen molar-refractivity contribution in [3.8, 4) is 0 Å². The fourth-order valence-corrected chi connectivity index (χ4v) is 2.51. The molecule has 1 heterocycles. The van der Waals surface area contributed by atoms with Gasteiger partial charge in [0.25, 0.3) is 5.91 Å². The Labute approximate surface area is 119 Å². The first-order valence-corrected chi connectivity index (χ1v) is 6.64. The number of halogens is 2. The smallest absolute Gasteiger partial charge is 0.278 e. The Morgan fingerprint density at radius 1 is 1.32 bits per heavy atom. The fourth-order valence-electron chi connectivity index (χ4n) is 2.18. The maximum Gasteiger partial charge on any atom is 0.278 e. The highest BCUT2D eigenvalue weighted by Gasteiger charge is 2.25. The van der Waals surface area contributed by atoms with Crippen molar-refractivity contribution in [1.82, 2.24) is 5.16 Å². The van der Waals surface area contributed by atoms with Gasteiger partial charge in [0.15, 0.2) is 5.69 Å². The average molecular weight is 297 g/mol. The molecule has 1 aliphatic carbocycles. The third-order valence-electron chi connectivity index (χ3n) is 3.09. The topological polar surface area (TPSA) is 55.1 Å². The summed E-state index contributed by atoms with van der Waals surface area (Å²) in [6, 6.07) is 4.89. The minimum Gasteiger partial charge on any atom is -0.360 e. The zero-order valence-electron chi connectivity index (χ0n) is 9.87. The Morgan fingerprint density at radius 3 is 3.00 bits per heavy atom. The van der Waals surface area contributed by atoms with E-state index >= 15 is 0 Å². The molecule has 98 valence electrons. The number of carbonyl (C=O) groups is 1. The molecule has 2 aromatic rings. The zero-order valence-corrected chi connectivity index (χ0v) is 11.4. The summed E-state index contributed by atoms with van der Waals surface area (Å²) in [6.45, 7) is 0. The van der Waals surface area contributed by atoms with Gasteiger partial charge in [-0.1, -0.05) is 28.4 Å². The first kappa shape index (κ1) is 12.5. The first-order chi connectivity index (χ1) is 9.15. The van der Waals surface area contributed by atoms with Crippen molar-refractivity contribution in [3.63, 3.8) is 0 Å². The lowest BCUT2D eigenvalue weighted by molar-refractivity contribution is 0.101. The van der Waals surface area contributed by atoms with E-state index in [0.717, 1.165) is 30.6 Å². The van der Waals surface area contributed by atoms with Crippen molar-refractivity contribution in [2.24, 2.45) is 0 Å². The molecule has 0 saturated carbocycles. The van der Waals surface area contributed by atoms with Gasteiger partial charge in [0, 0.05) is 17.0 Å². The molecule has 0 radical (unpaired) electrons. The molecule has 6 heteroatoms. The summed E-state index contributed by atoms with van der Waals surface area (Å²) in [6.07, 6.45) is 2.66. The zero-order chi connectivity index (χ0) is 13.4. The fraction of sp³-hybridized carbons (Fsp3) is 0.231. The van der Waals surface area contributed by atoms with E-state index in [-0.39, 0.29) is 5.91 Å². The molecule has 1 N–H and O–H groups in total. The molecular weight excluding hydrogens is 287 g/mol. The lowest BCUT2D eigenvalue weighted by Crippen LogP contribution is -2.14. The molecule has 0 aliphatic heterocycles. The molecule has 1 aromatic carbocycles. The van der Waals surface area contributed by atoms with Crippen molar-refractivity contribution in [1.29, 1.82) is 0 Å². The quantitative estimate of drug-likeness (QED) is 0.919. The normalized spacial score (nSPS) is 13.4. The Balaban J connectivity index is 1.87. The highest BCUT2D eigenvalue weighted by atomic mass is 35.5. The summed E-state index contributed by atoms with van der Waals surface area (Å²) in [4.78, 5) is 12.2. The van der Waals surface area contributed by atoms with Crippen LogP contribution in [0.3, 0.4) is 0 Å². The Morgan fingerprint density at radius 2 is 2.16 bits per heavy atom. The number of aromatic nitrogens is 1. The van der Waals surface area contributed by atoms with E-state index in [0.29, 0.717) is 21.4 Å². The van der Waals surface area contributed by atoms with Crippen molar-refractivity contribution >= 4 is 34.8 Å². The predicted molar refractivity (Wildman–Crippen MR) is 72.9 cm³/mol. The van der Waals surface area contributed by atoms with Crippen LogP contribution in [0, 0.1) is 0 Å². The average Bonchev–Trinajstić information content (AvgIpc) is 2.95. The number of nitrogens with one attached hydrogen (secondary N) is 1. The van der Waals surface area contributed by atoms with Crippen LogP contribution in [0.25, 0.3) is 0 Å². The summed E-state index contributed by atoms with van der Waals surface area (Å²) in [5, 5.41) is 7.46. The van der Waals surface area contributed by atoms with Crippen LogP contribution >= 0.6 is 23.2 Å². The molecule has 1 aliphatic rings. The number of hydrogen-bond donors (Lipinski definition) is 1. The molecule has 0 unspecified atom stereocenters. The Hall–Kier alpha value is -1.52. The van der Waals surface area contributed by atoms with E-state index in [1.165, 1.54) is 0 Å². The second-order valence-corrected chi connectivity index (χ2v) is 5.21. The van der Waals surface area contributed by atoms with Crippen molar-refractivity contribution in [2.75, 3.05) is 5.32 Å². The lowest BCUT2D eigenvalue weighted by Gasteiger charge is -2.06. The molecular formula is C13H10Cl2N2O2. The van der Waals surface area contributed by atoms with E-state index in [1.54, 1.807) is 18.2 Å². The predicted octanol–water partition coefficient (Wildman–Crippen LogP) is 3.72. The SMILES string of the molecule is O=C(Nc1cc(Cl)ccc1Cl)c1noc2c1CCC2. The van der Waals surface area contributed by atoms with Crippen LogP contribution in [0.1, 0.15) is 28.2 Å². The van der Waals surface area contributed by atoms with E-state index in [1.807, 2.05) is 0 Å². The molecule has 19 heavy (non-hydrogen) atoms. The number of amides is 1. The standard InChI is InChI=1S/C13H10Cl2N2O2/c14-7-4-5-9(15)10(6-7)16-13(18)12-8-2-1-3-11(8)19-17-12/h4-6H,1-3H2,(H,16,18). The number of fused-ring (bicyclic) bond motifs is 1. The molecule has 0 atom stereocenters. The van der Waals surface area contributed by atoms with E-state index in [9.17, 15) is 4.79 Å². The minimum atomic E-state index is -0.323. The third-order valence-corrected chi connectivity index (χ3v) is 3.66. The van der Waals surface area contributed by atoms with Crippen LogP contribution in [0.4, 0.5) is 5.69 Å². The summed E-state index contributed by atoms with van der Waals surface area (Å²) in [7, 11) is 0. The number of hydrogen-bond acceptors (Lipinski definition) is 3. The van der Waals surface area contributed by atoms with E-state index in [4.69, 9.17) is 27.7 Å². The molecule has 0 saturated heterocycles. The maximum absolute atomic E-state index is 12.2. The summed E-state index contributed by atoms with van der Waals surface area (Å²) in [5.41, 5.74) is 1.70. The van der Waals surface area contributed by atoms with Gasteiger partial charge in [-0.25, -0.2) is 0 Å². The minimum absolute atomic E-state index is 0.323. The molecule has 1 aromatic heterocycles. The number of rotatable bonds is 2. The first-order valence-electron chi connectivity index (χ1n) is 5.89. The summed E-state index contributed by atoms with van der Waals surface area (Å²) < 4.78 is 5.15.